The second kappa shape index (κ2) is 7.36. The third-order valence-electron chi connectivity index (χ3n) is 5.50. The standard InChI is InChI=1S/C21H24N2O3/c24-20(22-17-9-2-1-3-10-17)18-13-15-7-4-5-8-16(15)14-23(18)21(25)19-11-6-12-26-19/h4-8,11-12,17-18H,1-3,9-10,13-14H2,(H,22,24). The molecule has 5 heteroatoms. The zero-order valence-electron chi connectivity index (χ0n) is 14.8. The van der Waals surface area contributed by atoms with Crippen LogP contribution < -0.4 is 5.32 Å². The molecule has 1 N–H and O–H groups in total. The van der Waals surface area contributed by atoms with E-state index >= 15 is 0 Å². The maximum atomic E-state index is 13.0. The van der Waals surface area contributed by atoms with Gasteiger partial charge >= 0.3 is 0 Å². The summed E-state index contributed by atoms with van der Waals surface area (Å²) in [5.41, 5.74) is 2.23. The average molecular weight is 352 g/mol. The predicted octanol–water partition coefficient (Wildman–Crippen LogP) is 3.30. The molecule has 1 unspecified atom stereocenters. The summed E-state index contributed by atoms with van der Waals surface area (Å²) in [6.45, 7) is 0.429. The van der Waals surface area contributed by atoms with Crippen molar-refractivity contribution in [3.05, 3.63) is 59.5 Å². The van der Waals surface area contributed by atoms with Crippen LogP contribution in [0.1, 0.15) is 53.8 Å². The lowest BCUT2D eigenvalue weighted by atomic mass is 9.91. The zero-order valence-corrected chi connectivity index (χ0v) is 14.8. The van der Waals surface area contributed by atoms with Gasteiger partial charge in [-0.3, -0.25) is 9.59 Å². The molecule has 4 rings (SSSR count). The van der Waals surface area contributed by atoms with Crippen LogP contribution in [-0.4, -0.2) is 28.8 Å². The Morgan fingerprint density at radius 1 is 1.00 bits per heavy atom. The maximum absolute atomic E-state index is 13.0. The van der Waals surface area contributed by atoms with E-state index in [0.29, 0.717) is 13.0 Å². The summed E-state index contributed by atoms with van der Waals surface area (Å²) in [5, 5.41) is 3.19. The number of carbonyl (C=O) groups is 2. The number of rotatable bonds is 3. The third kappa shape index (κ3) is 3.39. The third-order valence-corrected chi connectivity index (χ3v) is 5.50. The fourth-order valence-corrected chi connectivity index (χ4v) is 4.06. The summed E-state index contributed by atoms with van der Waals surface area (Å²) in [6, 6.07) is 11.1. The first-order chi connectivity index (χ1) is 12.7. The van der Waals surface area contributed by atoms with Crippen LogP contribution in [0.15, 0.2) is 47.1 Å². The van der Waals surface area contributed by atoms with Gasteiger partial charge in [-0.2, -0.15) is 0 Å². The summed E-state index contributed by atoms with van der Waals surface area (Å²) >= 11 is 0. The van der Waals surface area contributed by atoms with E-state index in [2.05, 4.69) is 5.32 Å². The number of nitrogens with one attached hydrogen (secondary N) is 1. The number of carbonyl (C=O) groups excluding carboxylic acids is 2. The quantitative estimate of drug-likeness (QED) is 0.922. The molecule has 1 fully saturated rings. The summed E-state index contributed by atoms with van der Waals surface area (Å²) in [4.78, 5) is 27.6. The first kappa shape index (κ1) is 16.9. The molecule has 2 amide bonds. The summed E-state index contributed by atoms with van der Waals surface area (Å²) in [7, 11) is 0. The number of benzene rings is 1. The number of furan rings is 1. The van der Waals surface area contributed by atoms with Crippen molar-refractivity contribution >= 4 is 11.8 Å². The number of fused-ring (bicyclic) bond motifs is 1. The smallest absolute Gasteiger partial charge is 0.290 e. The van der Waals surface area contributed by atoms with Crippen molar-refractivity contribution in [3.63, 3.8) is 0 Å². The van der Waals surface area contributed by atoms with E-state index in [-0.39, 0.29) is 23.6 Å². The SMILES string of the molecule is O=C(NC1CCCCC1)C1Cc2ccccc2CN1C(=O)c1ccco1. The van der Waals surface area contributed by atoms with Gasteiger partial charge in [0.1, 0.15) is 6.04 Å². The summed E-state index contributed by atoms with van der Waals surface area (Å²) < 4.78 is 5.29. The normalized spacial score (nSPS) is 20.5. The molecule has 0 spiro atoms. The van der Waals surface area contributed by atoms with Crippen LogP contribution in [0, 0.1) is 0 Å². The van der Waals surface area contributed by atoms with E-state index in [0.717, 1.165) is 36.8 Å². The first-order valence-corrected chi connectivity index (χ1v) is 9.44. The minimum atomic E-state index is -0.496. The molecule has 2 heterocycles. The predicted molar refractivity (Wildman–Crippen MR) is 97.5 cm³/mol. The molecule has 2 aromatic rings. The molecule has 26 heavy (non-hydrogen) atoms. The van der Waals surface area contributed by atoms with Crippen LogP contribution in [0.2, 0.25) is 0 Å². The van der Waals surface area contributed by atoms with Crippen molar-refractivity contribution in [3.8, 4) is 0 Å². The highest BCUT2D eigenvalue weighted by Crippen LogP contribution is 2.26. The van der Waals surface area contributed by atoms with Crippen molar-refractivity contribution in [2.75, 3.05) is 0 Å². The molecule has 0 bridgehead atoms. The number of hydrogen-bond donors (Lipinski definition) is 1. The van der Waals surface area contributed by atoms with Gasteiger partial charge in [0.25, 0.3) is 5.91 Å². The second-order valence-corrected chi connectivity index (χ2v) is 7.24. The molecule has 1 saturated carbocycles. The highest BCUT2D eigenvalue weighted by Gasteiger charge is 2.36. The summed E-state index contributed by atoms with van der Waals surface area (Å²) in [5.74, 6) is -0.000506. The van der Waals surface area contributed by atoms with Crippen molar-refractivity contribution in [2.24, 2.45) is 0 Å². The van der Waals surface area contributed by atoms with Crippen molar-refractivity contribution in [1.82, 2.24) is 10.2 Å². The van der Waals surface area contributed by atoms with Crippen LogP contribution in [0.3, 0.4) is 0 Å². The Hall–Kier alpha value is -2.56. The van der Waals surface area contributed by atoms with Gasteiger partial charge in [-0.05, 0) is 36.1 Å². The fraction of sp³-hybridized carbons (Fsp3) is 0.429. The van der Waals surface area contributed by atoms with E-state index < -0.39 is 6.04 Å². The molecule has 136 valence electrons. The maximum Gasteiger partial charge on any atom is 0.290 e. The van der Waals surface area contributed by atoms with Gasteiger partial charge in [0.15, 0.2) is 5.76 Å². The largest absolute Gasteiger partial charge is 0.459 e. The molecular weight excluding hydrogens is 328 g/mol. The molecule has 0 saturated heterocycles. The van der Waals surface area contributed by atoms with Crippen LogP contribution in [0.4, 0.5) is 0 Å². The Balaban J connectivity index is 1.58. The Labute approximate surface area is 153 Å². The molecule has 1 atom stereocenters. The van der Waals surface area contributed by atoms with Gasteiger partial charge in [-0.15, -0.1) is 0 Å². The van der Waals surface area contributed by atoms with E-state index in [1.807, 2.05) is 24.3 Å². The van der Waals surface area contributed by atoms with E-state index in [1.54, 1.807) is 17.0 Å². The lowest BCUT2D eigenvalue weighted by Crippen LogP contribution is -2.54. The Kier molecular flexibility index (Phi) is 4.78. The first-order valence-electron chi connectivity index (χ1n) is 9.44. The van der Waals surface area contributed by atoms with E-state index in [4.69, 9.17) is 4.42 Å². The van der Waals surface area contributed by atoms with Gasteiger partial charge in [0.05, 0.1) is 6.26 Å². The van der Waals surface area contributed by atoms with E-state index in [1.165, 1.54) is 12.7 Å². The highest BCUT2D eigenvalue weighted by atomic mass is 16.3. The molecule has 1 aliphatic heterocycles. The van der Waals surface area contributed by atoms with Gasteiger partial charge in [0, 0.05) is 19.0 Å². The summed E-state index contributed by atoms with van der Waals surface area (Å²) in [6.07, 6.45) is 7.65. The fourth-order valence-electron chi connectivity index (χ4n) is 4.06. The van der Waals surface area contributed by atoms with Crippen molar-refractivity contribution in [2.45, 2.75) is 57.2 Å². The zero-order chi connectivity index (χ0) is 17.9. The van der Waals surface area contributed by atoms with Gasteiger partial charge < -0.3 is 14.6 Å². The van der Waals surface area contributed by atoms with Crippen molar-refractivity contribution in [1.29, 1.82) is 0 Å². The van der Waals surface area contributed by atoms with Crippen LogP contribution in [0.25, 0.3) is 0 Å². The topological polar surface area (TPSA) is 62.6 Å². The Bertz CT molecular complexity index is 778. The molecule has 1 aliphatic carbocycles. The minimum Gasteiger partial charge on any atom is -0.459 e. The van der Waals surface area contributed by atoms with Crippen molar-refractivity contribution < 1.29 is 14.0 Å². The average Bonchev–Trinajstić information content (AvgIpc) is 3.22. The number of nitrogens with zero attached hydrogens (tertiary/aromatic N) is 1. The van der Waals surface area contributed by atoms with E-state index in [9.17, 15) is 9.59 Å². The van der Waals surface area contributed by atoms with Crippen LogP contribution in [0.5, 0.6) is 0 Å². The molecule has 0 radical (unpaired) electrons. The number of amides is 2. The second-order valence-electron chi connectivity index (χ2n) is 7.24. The molecule has 2 aliphatic rings. The lowest BCUT2D eigenvalue weighted by molar-refractivity contribution is -0.127. The Morgan fingerprint density at radius 3 is 2.50 bits per heavy atom. The monoisotopic (exact) mass is 352 g/mol. The van der Waals surface area contributed by atoms with Gasteiger partial charge in [-0.1, -0.05) is 43.5 Å². The molecule has 5 nitrogen and oxygen atoms in total. The van der Waals surface area contributed by atoms with Gasteiger partial charge in [0.2, 0.25) is 5.91 Å². The highest BCUT2D eigenvalue weighted by molar-refractivity contribution is 5.96. The van der Waals surface area contributed by atoms with Crippen LogP contribution >= 0.6 is 0 Å². The Morgan fingerprint density at radius 2 is 1.77 bits per heavy atom. The van der Waals surface area contributed by atoms with Crippen LogP contribution in [-0.2, 0) is 17.8 Å². The lowest BCUT2D eigenvalue weighted by Gasteiger charge is -2.36. The molecule has 1 aromatic heterocycles. The molecule has 1 aromatic carbocycles. The van der Waals surface area contributed by atoms with Gasteiger partial charge in [-0.25, -0.2) is 0 Å². The number of hydrogen-bond acceptors (Lipinski definition) is 3. The minimum absolute atomic E-state index is 0.0497. The molecular formula is C21H24N2O3.